The van der Waals surface area contributed by atoms with Crippen molar-refractivity contribution in [3.05, 3.63) is 57.5 Å². The standard InChI is InChI=1S/C16H20FN3O2/c1-11-12(2)20(16(22)19-11)9-7-15(21)18-8-6-13-4-3-5-14(17)10-13/h3-5,10H,6-9H2,1-2H3,(H,18,21)(H,19,22). The largest absolute Gasteiger partial charge is 0.356 e. The molecule has 0 unspecified atom stereocenters. The van der Waals surface area contributed by atoms with Crippen LogP contribution >= 0.6 is 0 Å². The van der Waals surface area contributed by atoms with Gasteiger partial charge in [-0.05, 0) is 38.0 Å². The zero-order valence-corrected chi connectivity index (χ0v) is 12.8. The number of halogens is 1. The molecule has 22 heavy (non-hydrogen) atoms. The van der Waals surface area contributed by atoms with E-state index < -0.39 is 0 Å². The molecule has 2 aromatic rings. The summed E-state index contributed by atoms with van der Waals surface area (Å²) in [6.07, 6.45) is 0.812. The van der Waals surface area contributed by atoms with Gasteiger partial charge in [-0.15, -0.1) is 0 Å². The molecule has 2 N–H and O–H groups in total. The number of H-pyrrole nitrogens is 1. The van der Waals surface area contributed by atoms with Crippen molar-refractivity contribution in [3.8, 4) is 0 Å². The molecule has 118 valence electrons. The van der Waals surface area contributed by atoms with E-state index in [1.807, 2.05) is 19.9 Å². The van der Waals surface area contributed by atoms with Gasteiger partial charge in [0.15, 0.2) is 0 Å². The number of aromatic amines is 1. The Morgan fingerprint density at radius 3 is 2.77 bits per heavy atom. The summed E-state index contributed by atoms with van der Waals surface area (Å²) in [5.74, 6) is -0.400. The van der Waals surface area contributed by atoms with E-state index >= 15 is 0 Å². The smallest absolute Gasteiger partial charge is 0.325 e. The fourth-order valence-electron chi connectivity index (χ4n) is 2.28. The Morgan fingerprint density at radius 1 is 1.36 bits per heavy atom. The van der Waals surface area contributed by atoms with Crippen LogP contribution in [0.15, 0.2) is 29.1 Å². The van der Waals surface area contributed by atoms with E-state index in [9.17, 15) is 14.0 Å². The first-order chi connectivity index (χ1) is 10.5. The van der Waals surface area contributed by atoms with Crippen molar-refractivity contribution in [2.75, 3.05) is 6.54 Å². The molecule has 0 spiro atoms. The second-order valence-corrected chi connectivity index (χ2v) is 5.27. The summed E-state index contributed by atoms with van der Waals surface area (Å²) in [7, 11) is 0. The van der Waals surface area contributed by atoms with Gasteiger partial charge in [0.2, 0.25) is 5.91 Å². The van der Waals surface area contributed by atoms with E-state index in [4.69, 9.17) is 0 Å². The zero-order valence-electron chi connectivity index (χ0n) is 12.8. The number of aryl methyl sites for hydroxylation is 1. The van der Waals surface area contributed by atoms with Crippen LogP contribution in [-0.4, -0.2) is 22.0 Å². The highest BCUT2D eigenvalue weighted by atomic mass is 19.1. The van der Waals surface area contributed by atoms with Crippen LogP contribution in [-0.2, 0) is 17.8 Å². The molecule has 0 fully saturated rings. The third-order valence-electron chi connectivity index (χ3n) is 3.67. The van der Waals surface area contributed by atoms with Crippen LogP contribution in [0.3, 0.4) is 0 Å². The molecular weight excluding hydrogens is 285 g/mol. The van der Waals surface area contributed by atoms with Crippen molar-refractivity contribution in [3.63, 3.8) is 0 Å². The van der Waals surface area contributed by atoms with Gasteiger partial charge >= 0.3 is 5.69 Å². The number of hydrogen-bond donors (Lipinski definition) is 2. The fraction of sp³-hybridized carbons (Fsp3) is 0.375. The number of rotatable bonds is 6. The average Bonchev–Trinajstić information content (AvgIpc) is 2.70. The quantitative estimate of drug-likeness (QED) is 0.852. The van der Waals surface area contributed by atoms with Crippen LogP contribution < -0.4 is 11.0 Å². The van der Waals surface area contributed by atoms with Gasteiger partial charge in [0, 0.05) is 30.9 Å². The Balaban J connectivity index is 1.78. The maximum absolute atomic E-state index is 13.0. The van der Waals surface area contributed by atoms with Crippen molar-refractivity contribution in [2.24, 2.45) is 0 Å². The van der Waals surface area contributed by atoms with Crippen LogP contribution in [0.5, 0.6) is 0 Å². The first-order valence-corrected chi connectivity index (χ1v) is 7.24. The van der Waals surface area contributed by atoms with Crippen LogP contribution in [0.25, 0.3) is 0 Å². The number of nitrogens with zero attached hydrogens (tertiary/aromatic N) is 1. The van der Waals surface area contributed by atoms with Crippen LogP contribution in [0, 0.1) is 19.7 Å². The number of carbonyl (C=O) groups is 1. The van der Waals surface area contributed by atoms with Crippen molar-refractivity contribution in [1.82, 2.24) is 14.9 Å². The highest BCUT2D eigenvalue weighted by molar-refractivity contribution is 5.75. The molecule has 0 saturated heterocycles. The second kappa shape index (κ2) is 7.06. The third kappa shape index (κ3) is 4.07. The number of amides is 1. The minimum atomic E-state index is -0.276. The number of hydrogen-bond acceptors (Lipinski definition) is 2. The maximum atomic E-state index is 13.0. The Labute approximate surface area is 128 Å². The monoisotopic (exact) mass is 305 g/mol. The van der Waals surface area contributed by atoms with E-state index in [0.29, 0.717) is 19.5 Å². The van der Waals surface area contributed by atoms with Crippen molar-refractivity contribution >= 4 is 5.91 Å². The Morgan fingerprint density at radius 2 is 2.14 bits per heavy atom. The first kappa shape index (κ1) is 16.0. The van der Waals surface area contributed by atoms with Gasteiger partial charge in [-0.2, -0.15) is 0 Å². The zero-order chi connectivity index (χ0) is 16.1. The molecule has 0 radical (unpaired) electrons. The molecule has 0 aliphatic rings. The van der Waals surface area contributed by atoms with Crippen LogP contribution in [0.1, 0.15) is 23.4 Å². The highest BCUT2D eigenvalue weighted by Crippen LogP contribution is 2.04. The molecule has 1 aromatic carbocycles. The Bertz CT molecular complexity index is 718. The molecular formula is C16H20FN3O2. The molecule has 0 bridgehead atoms. The molecule has 6 heteroatoms. The second-order valence-electron chi connectivity index (χ2n) is 5.27. The lowest BCUT2D eigenvalue weighted by atomic mass is 10.1. The minimum Gasteiger partial charge on any atom is -0.356 e. The lowest BCUT2D eigenvalue weighted by molar-refractivity contribution is -0.121. The van der Waals surface area contributed by atoms with E-state index in [1.165, 1.54) is 12.1 Å². The summed E-state index contributed by atoms with van der Waals surface area (Å²) in [5.41, 5.74) is 2.31. The normalized spacial score (nSPS) is 10.7. The van der Waals surface area contributed by atoms with Gasteiger partial charge in [0.05, 0.1) is 0 Å². The van der Waals surface area contributed by atoms with Crippen molar-refractivity contribution in [1.29, 1.82) is 0 Å². The van der Waals surface area contributed by atoms with Crippen LogP contribution in [0.4, 0.5) is 4.39 Å². The number of nitrogens with one attached hydrogen (secondary N) is 2. The maximum Gasteiger partial charge on any atom is 0.325 e. The van der Waals surface area contributed by atoms with E-state index in [1.54, 1.807) is 10.6 Å². The van der Waals surface area contributed by atoms with Gasteiger partial charge in [-0.3, -0.25) is 9.36 Å². The molecule has 1 aromatic heterocycles. The number of imidazole rings is 1. The predicted octanol–water partition coefficient (Wildman–Crippen LogP) is 1.68. The third-order valence-corrected chi connectivity index (χ3v) is 3.67. The molecule has 0 saturated carbocycles. The topological polar surface area (TPSA) is 66.9 Å². The summed E-state index contributed by atoms with van der Waals surface area (Å²) in [6, 6.07) is 6.31. The Hall–Kier alpha value is -2.37. The highest BCUT2D eigenvalue weighted by Gasteiger charge is 2.08. The molecule has 0 atom stereocenters. The molecule has 1 heterocycles. The summed E-state index contributed by atoms with van der Waals surface area (Å²) in [6.45, 7) is 4.46. The average molecular weight is 305 g/mol. The van der Waals surface area contributed by atoms with Gasteiger partial charge < -0.3 is 10.3 Å². The SMILES string of the molecule is Cc1[nH]c(=O)n(CCC(=O)NCCc2cccc(F)c2)c1C. The lowest BCUT2D eigenvalue weighted by Gasteiger charge is -2.07. The molecule has 5 nitrogen and oxygen atoms in total. The summed E-state index contributed by atoms with van der Waals surface area (Å²) >= 11 is 0. The van der Waals surface area contributed by atoms with E-state index in [2.05, 4.69) is 10.3 Å². The Kier molecular flexibility index (Phi) is 5.14. The molecule has 2 rings (SSSR count). The van der Waals surface area contributed by atoms with E-state index in [-0.39, 0.29) is 23.8 Å². The number of benzene rings is 1. The van der Waals surface area contributed by atoms with Gasteiger partial charge in [0.25, 0.3) is 0 Å². The van der Waals surface area contributed by atoms with Crippen molar-refractivity contribution < 1.29 is 9.18 Å². The van der Waals surface area contributed by atoms with Gasteiger partial charge in [-0.25, -0.2) is 9.18 Å². The van der Waals surface area contributed by atoms with E-state index in [0.717, 1.165) is 17.0 Å². The first-order valence-electron chi connectivity index (χ1n) is 7.24. The summed E-state index contributed by atoms with van der Waals surface area (Å²) in [4.78, 5) is 26.1. The number of carbonyl (C=O) groups excluding carboxylic acids is 1. The summed E-state index contributed by atoms with van der Waals surface area (Å²) in [5, 5.41) is 2.78. The number of aromatic nitrogens is 2. The van der Waals surface area contributed by atoms with Crippen LogP contribution in [0.2, 0.25) is 0 Å². The predicted molar refractivity (Wildman–Crippen MR) is 82.3 cm³/mol. The molecule has 0 aliphatic carbocycles. The fourth-order valence-corrected chi connectivity index (χ4v) is 2.28. The van der Waals surface area contributed by atoms with Gasteiger partial charge in [0.1, 0.15) is 5.82 Å². The lowest BCUT2D eigenvalue weighted by Crippen LogP contribution is -2.28. The molecule has 0 aliphatic heterocycles. The minimum absolute atomic E-state index is 0.124. The van der Waals surface area contributed by atoms with Gasteiger partial charge in [-0.1, -0.05) is 12.1 Å². The molecule has 1 amide bonds. The van der Waals surface area contributed by atoms with Crippen molar-refractivity contribution in [2.45, 2.75) is 33.2 Å². The summed E-state index contributed by atoms with van der Waals surface area (Å²) < 4.78 is 14.6.